The van der Waals surface area contributed by atoms with Crippen LogP contribution in [0.3, 0.4) is 0 Å². The number of rotatable bonds is 3. The summed E-state index contributed by atoms with van der Waals surface area (Å²) in [5.74, 6) is -0.508. The van der Waals surface area contributed by atoms with E-state index in [1.807, 2.05) is 24.3 Å². The molecule has 0 saturated carbocycles. The van der Waals surface area contributed by atoms with Gasteiger partial charge in [-0.15, -0.1) is 11.6 Å². The third-order valence-electron chi connectivity index (χ3n) is 2.90. The van der Waals surface area contributed by atoms with Crippen molar-refractivity contribution in [3.63, 3.8) is 0 Å². The van der Waals surface area contributed by atoms with E-state index >= 15 is 0 Å². The van der Waals surface area contributed by atoms with Crippen molar-refractivity contribution in [2.75, 3.05) is 13.0 Å². The largest absolute Gasteiger partial charge is 0.466 e. The molecular formula is C13H12BrClN2O3. The highest BCUT2D eigenvalue weighted by atomic mass is 79.9. The van der Waals surface area contributed by atoms with Crippen LogP contribution in [-0.2, 0) is 9.53 Å². The lowest BCUT2D eigenvalue weighted by Gasteiger charge is -2.28. The Hall–Kier alpha value is -1.53. The Balaban J connectivity index is 2.49. The van der Waals surface area contributed by atoms with Gasteiger partial charge in [0.25, 0.3) is 0 Å². The van der Waals surface area contributed by atoms with Gasteiger partial charge in [0.05, 0.1) is 24.6 Å². The number of carbonyl (C=O) groups is 2. The smallest absolute Gasteiger partial charge is 0.338 e. The zero-order chi connectivity index (χ0) is 14.7. The molecule has 20 heavy (non-hydrogen) atoms. The summed E-state index contributed by atoms with van der Waals surface area (Å²) in [5, 5.41) is 5.23. The fraction of sp³-hybridized carbons (Fsp3) is 0.231. The summed E-state index contributed by atoms with van der Waals surface area (Å²) < 4.78 is 5.68. The summed E-state index contributed by atoms with van der Waals surface area (Å²) in [6, 6.07) is 6.31. The average Bonchev–Trinajstić information content (AvgIpc) is 2.46. The number of urea groups is 1. The van der Waals surface area contributed by atoms with Gasteiger partial charge in [-0.05, 0) is 17.7 Å². The Labute approximate surface area is 129 Å². The second-order valence-electron chi connectivity index (χ2n) is 4.10. The molecule has 7 heteroatoms. The molecule has 1 heterocycles. The molecule has 1 atom stereocenters. The van der Waals surface area contributed by atoms with Gasteiger partial charge in [0.2, 0.25) is 0 Å². The molecule has 0 aliphatic carbocycles. The topological polar surface area (TPSA) is 67.4 Å². The van der Waals surface area contributed by atoms with Crippen molar-refractivity contribution in [3.05, 3.63) is 45.6 Å². The number of allylic oxidation sites excluding steroid dienone is 1. The maximum absolute atomic E-state index is 12.0. The number of amides is 2. The van der Waals surface area contributed by atoms with Gasteiger partial charge in [0.15, 0.2) is 0 Å². The molecule has 1 aromatic rings. The van der Waals surface area contributed by atoms with Crippen LogP contribution in [0.1, 0.15) is 11.6 Å². The van der Waals surface area contributed by atoms with Crippen molar-refractivity contribution in [2.45, 2.75) is 6.04 Å². The summed E-state index contributed by atoms with van der Waals surface area (Å²) in [6.07, 6.45) is 0. The highest BCUT2D eigenvalue weighted by Crippen LogP contribution is 2.28. The number of methoxy groups -OCH3 is 1. The highest BCUT2D eigenvalue weighted by Gasteiger charge is 2.32. The summed E-state index contributed by atoms with van der Waals surface area (Å²) in [5.41, 5.74) is 1.44. The molecule has 1 aromatic carbocycles. The quantitative estimate of drug-likeness (QED) is 0.643. The van der Waals surface area contributed by atoms with E-state index < -0.39 is 18.0 Å². The van der Waals surface area contributed by atoms with Crippen LogP contribution in [0, 0.1) is 0 Å². The van der Waals surface area contributed by atoms with Crippen LogP contribution in [0.25, 0.3) is 0 Å². The summed E-state index contributed by atoms with van der Waals surface area (Å²) in [6.45, 7) is 0. The van der Waals surface area contributed by atoms with Crippen molar-refractivity contribution in [1.29, 1.82) is 0 Å². The van der Waals surface area contributed by atoms with E-state index in [1.165, 1.54) is 7.11 Å². The van der Waals surface area contributed by atoms with Gasteiger partial charge < -0.3 is 15.4 Å². The molecule has 2 N–H and O–H groups in total. The second-order valence-corrected chi connectivity index (χ2v) is 5.28. The molecule has 0 saturated heterocycles. The van der Waals surface area contributed by atoms with Crippen LogP contribution >= 0.6 is 27.5 Å². The Morgan fingerprint density at radius 1 is 1.40 bits per heavy atom. The van der Waals surface area contributed by atoms with Gasteiger partial charge in [0, 0.05) is 10.2 Å². The van der Waals surface area contributed by atoms with Crippen molar-refractivity contribution < 1.29 is 14.3 Å². The third-order valence-corrected chi connectivity index (χ3v) is 3.69. The normalized spacial score (nSPS) is 18.4. The van der Waals surface area contributed by atoms with Gasteiger partial charge in [-0.25, -0.2) is 9.59 Å². The standard InChI is InChI=1S/C13H12BrClN2O3/c1-20-12(18)10-9(6-15)16-13(19)17-11(10)7-2-4-8(14)5-3-7/h2-5,11H,6H2,1H3,(H2,16,17,19)/t11-/m0/s1. The number of carbonyl (C=O) groups excluding carboxylic acids is 2. The summed E-state index contributed by atoms with van der Waals surface area (Å²) in [4.78, 5) is 23.6. The first-order valence-electron chi connectivity index (χ1n) is 5.77. The number of hydrogen-bond acceptors (Lipinski definition) is 3. The van der Waals surface area contributed by atoms with Crippen LogP contribution in [0.4, 0.5) is 4.79 Å². The number of esters is 1. The minimum Gasteiger partial charge on any atom is -0.466 e. The van der Waals surface area contributed by atoms with Gasteiger partial charge in [-0.3, -0.25) is 0 Å². The monoisotopic (exact) mass is 358 g/mol. The molecule has 0 radical (unpaired) electrons. The zero-order valence-electron chi connectivity index (χ0n) is 10.6. The van der Waals surface area contributed by atoms with E-state index in [9.17, 15) is 9.59 Å². The van der Waals surface area contributed by atoms with Gasteiger partial charge >= 0.3 is 12.0 Å². The highest BCUT2D eigenvalue weighted by molar-refractivity contribution is 9.10. The number of benzene rings is 1. The minimum absolute atomic E-state index is 0.0187. The molecule has 1 aliphatic heterocycles. The molecule has 2 rings (SSSR count). The lowest BCUT2D eigenvalue weighted by molar-refractivity contribution is -0.136. The minimum atomic E-state index is -0.585. The number of nitrogens with one attached hydrogen (secondary N) is 2. The summed E-state index contributed by atoms with van der Waals surface area (Å²) >= 11 is 9.14. The molecular weight excluding hydrogens is 348 g/mol. The van der Waals surface area contributed by atoms with Crippen molar-refractivity contribution >= 4 is 39.5 Å². The van der Waals surface area contributed by atoms with E-state index in [0.29, 0.717) is 11.3 Å². The molecule has 1 aliphatic rings. The Bertz CT molecular complexity index is 571. The van der Waals surface area contributed by atoms with Gasteiger partial charge in [-0.1, -0.05) is 28.1 Å². The van der Waals surface area contributed by atoms with Crippen LogP contribution in [0.2, 0.25) is 0 Å². The van der Waals surface area contributed by atoms with Crippen LogP contribution in [0.15, 0.2) is 40.0 Å². The summed E-state index contributed by atoms with van der Waals surface area (Å²) in [7, 11) is 1.29. The van der Waals surface area contributed by atoms with E-state index in [0.717, 1.165) is 10.0 Å². The Kier molecular flexibility index (Phi) is 4.67. The maximum Gasteiger partial charge on any atom is 0.338 e. The maximum atomic E-state index is 12.0. The zero-order valence-corrected chi connectivity index (χ0v) is 12.9. The predicted molar refractivity (Wildman–Crippen MR) is 78.3 cm³/mol. The van der Waals surface area contributed by atoms with Gasteiger partial charge in [0.1, 0.15) is 0 Å². The molecule has 0 bridgehead atoms. The SMILES string of the molecule is COC(=O)C1=C(CCl)NC(=O)N[C@H]1c1ccc(Br)cc1. The van der Waals surface area contributed by atoms with Crippen LogP contribution in [-0.4, -0.2) is 25.0 Å². The predicted octanol–water partition coefficient (Wildman–Crippen LogP) is 2.47. The lowest BCUT2D eigenvalue weighted by atomic mass is 9.96. The van der Waals surface area contributed by atoms with Crippen LogP contribution in [0.5, 0.6) is 0 Å². The third kappa shape index (κ3) is 2.96. The molecule has 5 nitrogen and oxygen atoms in total. The van der Waals surface area contributed by atoms with E-state index in [2.05, 4.69) is 26.6 Å². The number of ether oxygens (including phenoxy) is 1. The fourth-order valence-electron chi connectivity index (χ4n) is 1.98. The van der Waals surface area contributed by atoms with E-state index in [-0.39, 0.29) is 5.88 Å². The first-order chi connectivity index (χ1) is 9.56. The Morgan fingerprint density at radius 3 is 2.60 bits per heavy atom. The van der Waals surface area contributed by atoms with Gasteiger partial charge in [-0.2, -0.15) is 0 Å². The molecule has 2 amide bonds. The fourth-order valence-corrected chi connectivity index (χ4v) is 2.45. The lowest BCUT2D eigenvalue weighted by Crippen LogP contribution is -2.46. The van der Waals surface area contributed by atoms with Crippen molar-refractivity contribution in [2.24, 2.45) is 0 Å². The van der Waals surface area contributed by atoms with Crippen molar-refractivity contribution in [1.82, 2.24) is 10.6 Å². The van der Waals surface area contributed by atoms with Crippen molar-refractivity contribution in [3.8, 4) is 0 Å². The van der Waals surface area contributed by atoms with Crippen LogP contribution < -0.4 is 10.6 Å². The van der Waals surface area contributed by atoms with E-state index in [4.69, 9.17) is 16.3 Å². The molecule has 0 spiro atoms. The number of halogens is 2. The second kappa shape index (κ2) is 6.28. The molecule has 0 unspecified atom stereocenters. The molecule has 0 fully saturated rings. The molecule has 106 valence electrons. The number of alkyl halides is 1. The first kappa shape index (κ1) is 14.9. The number of hydrogen-bond donors (Lipinski definition) is 2. The first-order valence-corrected chi connectivity index (χ1v) is 7.10. The molecule has 0 aromatic heterocycles. The average molecular weight is 360 g/mol. The van der Waals surface area contributed by atoms with E-state index in [1.54, 1.807) is 0 Å². The Morgan fingerprint density at radius 2 is 2.05 bits per heavy atom.